The zero-order chi connectivity index (χ0) is 23.5. The Morgan fingerprint density at radius 3 is 2.67 bits per heavy atom. The van der Waals surface area contributed by atoms with E-state index in [0.717, 1.165) is 36.2 Å². The van der Waals surface area contributed by atoms with Crippen molar-refractivity contribution in [3.8, 4) is 5.75 Å². The Bertz CT molecular complexity index is 1100. The molecule has 2 aromatic heterocycles. The highest BCUT2D eigenvalue weighted by molar-refractivity contribution is 6.05. The molecule has 2 aliphatic heterocycles. The third kappa shape index (κ3) is 3.80. The van der Waals surface area contributed by atoms with Gasteiger partial charge in [0, 0.05) is 32.5 Å². The van der Waals surface area contributed by atoms with Crippen LogP contribution in [-0.2, 0) is 17.4 Å². The van der Waals surface area contributed by atoms with Gasteiger partial charge in [-0.05, 0) is 26.7 Å². The number of nitrogens with one attached hydrogen (secondary N) is 1. The van der Waals surface area contributed by atoms with Gasteiger partial charge in [-0.1, -0.05) is 0 Å². The first-order valence-electron chi connectivity index (χ1n) is 10.9. The maximum atomic E-state index is 12.7. The van der Waals surface area contributed by atoms with Crippen LogP contribution in [0.25, 0.3) is 0 Å². The summed E-state index contributed by atoms with van der Waals surface area (Å²) in [7, 11) is 1.86. The van der Waals surface area contributed by atoms with E-state index in [1.807, 2.05) is 18.9 Å². The number of ether oxygens (including phenoxy) is 1. The van der Waals surface area contributed by atoms with E-state index in [-0.39, 0.29) is 35.5 Å². The molecule has 0 radical (unpaired) electrons. The lowest BCUT2D eigenvalue weighted by Crippen LogP contribution is -2.53. The molecule has 33 heavy (non-hydrogen) atoms. The highest BCUT2D eigenvalue weighted by Crippen LogP contribution is 2.40. The van der Waals surface area contributed by atoms with Crippen LogP contribution in [-0.4, -0.2) is 57.6 Å². The van der Waals surface area contributed by atoms with Crippen molar-refractivity contribution in [2.24, 2.45) is 0 Å². The van der Waals surface area contributed by atoms with Gasteiger partial charge in [-0.15, -0.1) is 0 Å². The third-order valence-corrected chi connectivity index (χ3v) is 6.45. The van der Waals surface area contributed by atoms with Crippen molar-refractivity contribution in [2.75, 3.05) is 28.7 Å². The topological polar surface area (TPSA) is 96.4 Å². The number of carbonyl (C=O) groups is 1. The van der Waals surface area contributed by atoms with Gasteiger partial charge in [0.25, 0.3) is 0 Å². The van der Waals surface area contributed by atoms with Gasteiger partial charge in [0.05, 0.1) is 17.6 Å². The minimum absolute atomic E-state index is 0.0665. The Balaban J connectivity index is 1.25. The van der Waals surface area contributed by atoms with E-state index in [0.29, 0.717) is 25.3 Å². The second-order valence-corrected chi connectivity index (χ2v) is 8.74. The molecule has 1 saturated carbocycles. The summed E-state index contributed by atoms with van der Waals surface area (Å²) in [4.78, 5) is 32.6. The molecule has 1 N–H and O–H groups in total. The number of nitrogens with zero attached hydrogens (tertiary/aromatic N) is 6. The Morgan fingerprint density at radius 1 is 1.21 bits per heavy atom. The zero-order valence-corrected chi connectivity index (χ0v) is 18.5. The van der Waals surface area contributed by atoms with Crippen molar-refractivity contribution in [3.05, 3.63) is 23.4 Å². The van der Waals surface area contributed by atoms with Crippen LogP contribution in [0, 0.1) is 6.92 Å². The molecule has 12 heteroatoms. The van der Waals surface area contributed by atoms with Crippen LogP contribution in [0.5, 0.6) is 5.75 Å². The summed E-state index contributed by atoms with van der Waals surface area (Å²) in [5, 5.41) is 3.34. The number of carbonyl (C=O) groups excluding carboxylic acids is 1. The van der Waals surface area contributed by atoms with Crippen molar-refractivity contribution in [3.63, 3.8) is 0 Å². The molecule has 0 spiro atoms. The van der Waals surface area contributed by atoms with Gasteiger partial charge in [0.1, 0.15) is 17.8 Å². The standard InChI is InChI=1S/C21H24F3N7O2/c1-10-15(9-25-19(26-10)21(22,23)24)33-13-7-12(8-13)27-20-28-14-5-4-6-31-16(14)17(29-20)30(3)11(2)18(31)32/h9,11-13H,4-8H2,1-3H3,(H,27,28,29)/t11-,12-,13-/m0/s1. The highest BCUT2D eigenvalue weighted by Gasteiger charge is 2.40. The highest BCUT2D eigenvalue weighted by atomic mass is 19.4. The van der Waals surface area contributed by atoms with Gasteiger partial charge in [0.2, 0.25) is 17.7 Å². The van der Waals surface area contributed by atoms with Crippen LogP contribution >= 0.6 is 0 Å². The van der Waals surface area contributed by atoms with Gasteiger partial charge in [-0.3, -0.25) is 4.79 Å². The predicted octanol–water partition coefficient (Wildman–Crippen LogP) is 2.73. The minimum Gasteiger partial charge on any atom is -0.487 e. The van der Waals surface area contributed by atoms with Crippen LogP contribution in [0.2, 0.25) is 0 Å². The number of rotatable bonds is 4. The molecule has 4 heterocycles. The van der Waals surface area contributed by atoms with Gasteiger partial charge >= 0.3 is 6.18 Å². The molecule has 1 fully saturated rings. The van der Waals surface area contributed by atoms with Crippen molar-refractivity contribution >= 4 is 23.4 Å². The summed E-state index contributed by atoms with van der Waals surface area (Å²) in [6.45, 7) is 4.02. The molecule has 3 aliphatic rings. The van der Waals surface area contributed by atoms with Gasteiger partial charge in [-0.25, -0.2) is 15.0 Å². The summed E-state index contributed by atoms with van der Waals surface area (Å²) in [5.41, 5.74) is 1.83. The fourth-order valence-corrected chi connectivity index (χ4v) is 4.41. The van der Waals surface area contributed by atoms with Gasteiger partial charge in [0.15, 0.2) is 11.6 Å². The van der Waals surface area contributed by atoms with Crippen LogP contribution < -0.4 is 19.9 Å². The van der Waals surface area contributed by atoms with E-state index in [9.17, 15) is 18.0 Å². The summed E-state index contributed by atoms with van der Waals surface area (Å²) in [5.74, 6) is 0.405. The average molecular weight is 463 g/mol. The predicted molar refractivity (Wildman–Crippen MR) is 113 cm³/mol. The van der Waals surface area contributed by atoms with Crippen molar-refractivity contribution in [2.45, 2.75) is 63.9 Å². The second kappa shape index (κ2) is 7.70. The molecule has 0 unspecified atom stereocenters. The maximum absolute atomic E-state index is 12.7. The fraction of sp³-hybridized carbons (Fsp3) is 0.571. The fourth-order valence-electron chi connectivity index (χ4n) is 4.41. The molecule has 2 aromatic rings. The van der Waals surface area contributed by atoms with Gasteiger partial charge < -0.3 is 19.9 Å². The number of anilines is 3. The lowest BCUT2D eigenvalue weighted by atomic mass is 9.89. The lowest BCUT2D eigenvalue weighted by Gasteiger charge is -2.42. The van der Waals surface area contributed by atoms with E-state index in [1.165, 1.54) is 6.92 Å². The summed E-state index contributed by atoms with van der Waals surface area (Å²) < 4.78 is 44.0. The largest absolute Gasteiger partial charge is 0.487 e. The molecule has 5 rings (SSSR count). The van der Waals surface area contributed by atoms with Crippen molar-refractivity contribution < 1.29 is 22.7 Å². The van der Waals surface area contributed by atoms with Crippen LogP contribution in [0.3, 0.4) is 0 Å². The quantitative estimate of drug-likeness (QED) is 0.740. The number of halogens is 3. The first-order valence-corrected chi connectivity index (χ1v) is 10.9. The first kappa shape index (κ1) is 21.7. The molecular formula is C21H24F3N7O2. The van der Waals surface area contributed by atoms with Crippen LogP contribution in [0.4, 0.5) is 30.6 Å². The number of likely N-dealkylation sites (N-methyl/N-ethyl adjacent to an activating group) is 1. The number of alkyl halides is 3. The minimum atomic E-state index is -4.58. The number of amides is 1. The van der Waals surface area contributed by atoms with Crippen molar-refractivity contribution in [1.82, 2.24) is 19.9 Å². The van der Waals surface area contributed by atoms with Crippen LogP contribution in [0.15, 0.2) is 6.20 Å². The molecular weight excluding hydrogens is 439 g/mol. The van der Waals surface area contributed by atoms with E-state index in [2.05, 4.69) is 20.3 Å². The normalized spacial score (nSPS) is 24.3. The summed E-state index contributed by atoms with van der Waals surface area (Å²) >= 11 is 0. The molecule has 0 saturated heterocycles. The monoisotopic (exact) mass is 463 g/mol. The Hall–Kier alpha value is -3.18. The van der Waals surface area contributed by atoms with E-state index in [1.54, 1.807) is 4.90 Å². The summed E-state index contributed by atoms with van der Waals surface area (Å²) in [6.07, 6.45) is -0.728. The van der Waals surface area contributed by atoms with E-state index in [4.69, 9.17) is 9.72 Å². The first-order chi connectivity index (χ1) is 15.6. The number of hydrogen-bond donors (Lipinski definition) is 1. The molecule has 0 aromatic carbocycles. The van der Waals surface area contributed by atoms with Gasteiger partial charge in [-0.2, -0.15) is 18.2 Å². The van der Waals surface area contributed by atoms with E-state index < -0.39 is 12.0 Å². The molecule has 1 atom stereocenters. The van der Waals surface area contributed by atoms with Crippen LogP contribution in [0.1, 0.15) is 43.4 Å². The summed E-state index contributed by atoms with van der Waals surface area (Å²) in [6, 6.07) is -0.217. The van der Waals surface area contributed by atoms with Crippen molar-refractivity contribution in [1.29, 1.82) is 0 Å². The average Bonchev–Trinajstić information content (AvgIpc) is 2.74. The SMILES string of the molecule is Cc1nc(C(F)(F)F)ncc1O[C@H]1C[C@H](Nc2nc3c4c(n2)N(C)[C@@H](C)C(=O)N4CCC3)C1. The molecule has 9 nitrogen and oxygen atoms in total. The smallest absolute Gasteiger partial charge is 0.451 e. The lowest BCUT2D eigenvalue weighted by molar-refractivity contribution is -0.145. The number of aromatic nitrogens is 4. The number of hydrogen-bond acceptors (Lipinski definition) is 8. The molecule has 1 amide bonds. The molecule has 1 aliphatic carbocycles. The Kier molecular flexibility index (Phi) is 5.05. The zero-order valence-electron chi connectivity index (χ0n) is 18.5. The van der Waals surface area contributed by atoms with E-state index >= 15 is 0 Å². The maximum Gasteiger partial charge on any atom is 0.451 e. The third-order valence-electron chi connectivity index (χ3n) is 6.45. The second-order valence-electron chi connectivity index (χ2n) is 8.74. The Labute approximate surface area is 188 Å². The number of aryl methyl sites for hydroxylation is 2. The Morgan fingerprint density at radius 2 is 1.97 bits per heavy atom. The molecule has 0 bridgehead atoms. The molecule has 176 valence electrons.